The highest BCUT2D eigenvalue weighted by Crippen LogP contribution is 2.21. The molecule has 1 rings (SSSR count). The number of benzene rings is 1. The van der Waals surface area contributed by atoms with Crippen LogP contribution in [0.1, 0.15) is 13.8 Å². The molecular formula is C12H14FNO4. The van der Waals surface area contributed by atoms with Crippen LogP contribution in [0.3, 0.4) is 0 Å². The highest BCUT2D eigenvalue weighted by atomic mass is 19.1. The molecular weight excluding hydrogens is 241 g/mol. The first kappa shape index (κ1) is 14.0. The average molecular weight is 255 g/mol. The topological polar surface area (TPSA) is 64.6 Å². The van der Waals surface area contributed by atoms with Crippen molar-refractivity contribution in [1.82, 2.24) is 0 Å². The van der Waals surface area contributed by atoms with Crippen LogP contribution in [-0.4, -0.2) is 25.1 Å². The number of hydrogen-bond acceptors (Lipinski definition) is 4. The molecule has 0 saturated heterocycles. The third kappa shape index (κ3) is 4.40. The summed E-state index contributed by atoms with van der Waals surface area (Å²) >= 11 is 0. The Kier molecular flexibility index (Phi) is 5.10. The molecule has 0 atom stereocenters. The van der Waals surface area contributed by atoms with Crippen molar-refractivity contribution in [2.24, 2.45) is 0 Å². The summed E-state index contributed by atoms with van der Waals surface area (Å²) in [6, 6.07) is 3.92. The number of carbonyl (C=O) groups excluding carboxylic acids is 2. The molecule has 0 aliphatic rings. The van der Waals surface area contributed by atoms with E-state index in [1.807, 2.05) is 0 Å². The predicted molar refractivity (Wildman–Crippen MR) is 62.8 cm³/mol. The third-order valence-corrected chi connectivity index (χ3v) is 1.90. The van der Waals surface area contributed by atoms with E-state index in [2.05, 4.69) is 10.1 Å². The Hall–Kier alpha value is -2.11. The lowest BCUT2D eigenvalue weighted by molar-refractivity contribution is -0.145. The zero-order valence-corrected chi connectivity index (χ0v) is 10.2. The minimum Gasteiger partial charge on any atom is -0.479 e. The molecule has 5 nitrogen and oxygen atoms in total. The van der Waals surface area contributed by atoms with Crippen LogP contribution in [0.25, 0.3) is 0 Å². The number of rotatable bonds is 5. The number of amides is 1. The van der Waals surface area contributed by atoms with E-state index in [0.717, 1.165) is 6.07 Å². The molecule has 0 spiro atoms. The van der Waals surface area contributed by atoms with Gasteiger partial charge in [-0.05, 0) is 19.1 Å². The minimum absolute atomic E-state index is 0.0721. The maximum atomic E-state index is 13.5. The number of anilines is 1. The fourth-order valence-corrected chi connectivity index (χ4v) is 1.24. The summed E-state index contributed by atoms with van der Waals surface area (Å²) in [5.41, 5.74) is 0.323. The van der Waals surface area contributed by atoms with Gasteiger partial charge < -0.3 is 14.8 Å². The van der Waals surface area contributed by atoms with Crippen molar-refractivity contribution in [1.29, 1.82) is 0 Å². The summed E-state index contributed by atoms with van der Waals surface area (Å²) < 4.78 is 23.1. The molecule has 0 aromatic heterocycles. The molecule has 0 aliphatic heterocycles. The highest BCUT2D eigenvalue weighted by molar-refractivity contribution is 5.88. The second kappa shape index (κ2) is 6.58. The van der Waals surface area contributed by atoms with E-state index in [4.69, 9.17) is 4.74 Å². The Morgan fingerprint density at radius 3 is 2.67 bits per heavy atom. The third-order valence-electron chi connectivity index (χ3n) is 1.90. The summed E-state index contributed by atoms with van der Waals surface area (Å²) in [7, 11) is 0. The lowest BCUT2D eigenvalue weighted by Crippen LogP contribution is -2.15. The molecule has 0 heterocycles. The molecule has 1 N–H and O–H groups in total. The predicted octanol–water partition coefficient (Wildman–Crippen LogP) is 1.73. The average Bonchev–Trinajstić information content (AvgIpc) is 2.27. The maximum absolute atomic E-state index is 13.5. The maximum Gasteiger partial charge on any atom is 0.344 e. The minimum atomic E-state index is -0.662. The Morgan fingerprint density at radius 2 is 2.11 bits per heavy atom. The molecule has 1 amide bonds. The van der Waals surface area contributed by atoms with E-state index in [-0.39, 0.29) is 24.9 Å². The Bertz CT molecular complexity index is 448. The molecule has 0 bridgehead atoms. The van der Waals surface area contributed by atoms with Gasteiger partial charge >= 0.3 is 5.97 Å². The van der Waals surface area contributed by atoms with Gasteiger partial charge in [0, 0.05) is 18.7 Å². The zero-order chi connectivity index (χ0) is 13.5. The fourth-order valence-electron chi connectivity index (χ4n) is 1.24. The van der Waals surface area contributed by atoms with E-state index < -0.39 is 11.8 Å². The highest BCUT2D eigenvalue weighted by Gasteiger charge is 2.08. The van der Waals surface area contributed by atoms with E-state index in [1.54, 1.807) is 6.92 Å². The molecule has 0 radical (unpaired) electrons. The molecule has 18 heavy (non-hydrogen) atoms. The summed E-state index contributed by atoms with van der Waals surface area (Å²) in [5, 5.41) is 2.43. The Labute approximate surface area is 104 Å². The van der Waals surface area contributed by atoms with Gasteiger partial charge in [-0.2, -0.15) is 0 Å². The SMILES string of the molecule is CCOC(=O)COc1ccc(NC(C)=O)cc1F. The molecule has 98 valence electrons. The Morgan fingerprint density at radius 1 is 1.39 bits per heavy atom. The lowest BCUT2D eigenvalue weighted by atomic mass is 10.3. The summed E-state index contributed by atoms with van der Waals surface area (Å²) in [6.45, 7) is 2.88. The van der Waals surface area contributed by atoms with Crippen molar-refractivity contribution in [3.8, 4) is 5.75 Å². The zero-order valence-electron chi connectivity index (χ0n) is 10.2. The molecule has 1 aromatic rings. The van der Waals surface area contributed by atoms with Crippen LogP contribution >= 0.6 is 0 Å². The molecule has 1 aromatic carbocycles. The number of nitrogens with one attached hydrogen (secondary N) is 1. The molecule has 0 unspecified atom stereocenters. The number of ether oxygens (including phenoxy) is 2. The van der Waals surface area contributed by atoms with Gasteiger partial charge in [-0.3, -0.25) is 4.79 Å². The van der Waals surface area contributed by atoms with E-state index >= 15 is 0 Å². The molecule has 0 saturated carbocycles. The van der Waals surface area contributed by atoms with Crippen molar-refractivity contribution in [2.75, 3.05) is 18.5 Å². The summed E-state index contributed by atoms with van der Waals surface area (Å²) in [4.78, 5) is 21.8. The van der Waals surface area contributed by atoms with Crippen molar-refractivity contribution in [3.63, 3.8) is 0 Å². The van der Waals surface area contributed by atoms with Crippen molar-refractivity contribution in [3.05, 3.63) is 24.0 Å². The van der Waals surface area contributed by atoms with Crippen LogP contribution < -0.4 is 10.1 Å². The Balaban J connectivity index is 2.62. The first-order valence-corrected chi connectivity index (χ1v) is 5.38. The first-order chi connectivity index (χ1) is 8.52. The second-order valence-corrected chi connectivity index (χ2v) is 3.42. The normalized spacial score (nSPS) is 9.72. The lowest BCUT2D eigenvalue weighted by Gasteiger charge is -2.08. The van der Waals surface area contributed by atoms with Crippen LogP contribution in [0.5, 0.6) is 5.75 Å². The van der Waals surface area contributed by atoms with Gasteiger partial charge in [0.1, 0.15) is 0 Å². The van der Waals surface area contributed by atoms with Gasteiger partial charge in [0.05, 0.1) is 6.61 Å². The van der Waals surface area contributed by atoms with E-state index in [0.29, 0.717) is 5.69 Å². The van der Waals surface area contributed by atoms with Crippen LogP contribution in [-0.2, 0) is 14.3 Å². The second-order valence-electron chi connectivity index (χ2n) is 3.42. The number of carbonyl (C=O) groups is 2. The number of halogens is 1. The van der Waals surface area contributed by atoms with Gasteiger partial charge in [-0.15, -0.1) is 0 Å². The van der Waals surface area contributed by atoms with E-state index in [1.165, 1.54) is 19.1 Å². The van der Waals surface area contributed by atoms with Crippen LogP contribution in [0, 0.1) is 5.82 Å². The van der Waals surface area contributed by atoms with Gasteiger partial charge in [0.15, 0.2) is 18.2 Å². The quantitative estimate of drug-likeness (QED) is 0.814. The summed E-state index contributed by atoms with van der Waals surface area (Å²) in [6.07, 6.45) is 0. The number of hydrogen-bond donors (Lipinski definition) is 1. The molecule has 6 heteroatoms. The first-order valence-electron chi connectivity index (χ1n) is 5.38. The van der Waals surface area contributed by atoms with Crippen molar-refractivity contribution >= 4 is 17.6 Å². The smallest absolute Gasteiger partial charge is 0.344 e. The van der Waals surface area contributed by atoms with Gasteiger partial charge in [-0.25, -0.2) is 9.18 Å². The molecule has 0 aliphatic carbocycles. The monoisotopic (exact) mass is 255 g/mol. The van der Waals surface area contributed by atoms with Gasteiger partial charge in [0.2, 0.25) is 5.91 Å². The largest absolute Gasteiger partial charge is 0.479 e. The van der Waals surface area contributed by atoms with Gasteiger partial charge in [-0.1, -0.05) is 0 Å². The van der Waals surface area contributed by atoms with Crippen molar-refractivity contribution in [2.45, 2.75) is 13.8 Å². The van der Waals surface area contributed by atoms with E-state index in [9.17, 15) is 14.0 Å². The standard InChI is InChI=1S/C12H14FNO4/c1-3-17-12(16)7-18-11-5-4-9(6-10(11)13)14-8(2)15/h4-6H,3,7H2,1-2H3,(H,14,15). The van der Waals surface area contributed by atoms with Gasteiger partial charge in [0.25, 0.3) is 0 Å². The van der Waals surface area contributed by atoms with Crippen LogP contribution in [0.2, 0.25) is 0 Å². The molecule has 0 fully saturated rings. The van der Waals surface area contributed by atoms with Crippen LogP contribution in [0.15, 0.2) is 18.2 Å². The fraction of sp³-hybridized carbons (Fsp3) is 0.333. The van der Waals surface area contributed by atoms with Crippen molar-refractivity contribution < 1.29 is 23.5 Å². The van der Waals surface area contributed by atoms with Crippen LogP contribution in [0.4, 0.5) is 10.1 Å². The summed E-state index contributed by atoms with van der Waals surface area (Å²) in [5.74, 6) is -1.60. The number of esters is 1.